The van der Waals surface area contributed by atoms with Gasteiger partial charge < -0.3 is 15.2 Å². The molecule has 0 spiro atoms. The van der Waals surface area contributed by atoms with Crippen LogP contribution in [0.15, 0.2) is 12.5 Å². The Bertz CT molecular complexity index is 401. The lowest BCUT2D eigenvalue weighted by atomic mass is 10.0. The smallest absolute Gasteiger partial charge is 0.245 e. The number of hydrogen-bond acceptors (Lipinski definition) is 3. The Kier molecular flexibility index (Phi) is 4.51. The van der Waals surface area contributed by atoms with Crippen LogP contribution >= 0.6 is 0 Å². The normalized spacial score (nSPS) is 13.4. The number of hydrogen-bond donors (Lipinski definition) is 1. The van der Waals surface area contributed by atoms with E-state index in [2.05, 4.69) is 4.98 Å². The van der Waals surface area contributed by atoms with Crippen molar-refractivity contribution in [3.63, 3.8) is 0 Å². The average Bonchev–Trinajstić information content (AvgIpc) is 2.78. The number of amides is 1. The van der Waals surface area contributed by atoms with Crippen molar-refractivity contribution < 1.29 is 4.79 Å². The third kappa shape index (κ3) is 2.90. The molecule has 102 valence electrons. The Morgan fingerprint density at radius 2 is 2.06 bits per heavy atom. The molecule has 2 N–H and O–H groups in total. The third-order valence-electron chi connectivity index (χ3n) is 3.18. The van der Waals surface area contributed by atoms with E-state index in [1.807, 2.05) is 44.1 Å². The Labute approximate surface area is 109 Å². The summed E-state index contributed by atoms with van der Waals surface area (Å²) in [6.45, 7) is 11.1. The molecule has 5 nitrogen and oxygen atoms in total. The highest BCUT2D eigenvalue weighted by molar-refractivity contribution is 5.80. The minimum Gasteiger partial charge on any atom is -0.341 e. The topological polar surface area (TPSA) is 64.2 Å². The van der Waals surface area contributed by atoms with Crippen LogP contribution in [0.2, 0.25) is 0 Å². The number of imidazole rings is 1. The molecule has 0 bridgehead atoms. The van der Waals surface area contributed by atoms with Crippen LogP contribution in [0.25, 0.3) is 0 Å². The number of likely N-dealkylation sites (N-methyl/N-ethyl adjacent to an activating group) is 1. The third-order valence-corrected chi connectivity index (χ3v) is 3.18. The van der Waals surface area contributed by atoms with Crippen molar-refractivity contribution in [2.24, 2.45) is 5.73 Å². The summed E-state index contributed by atoms with van der Waals surface area (Å²) in [5.41, 5.74) is 6.46. The molecule has 0 fully saturated rings. The molecule has 1 amide bonds. The summed E-state index contributed by atoms with van der Waals surface area (Å²) < 4.78 is 1.86. The van der Waals surface area contributed by atoms with E-state index in [-0.39, 0.29) is 11.9 Å². The Morgan fingerprint density at radius 1 is 1.50 bits per heavy atom. The zero-order chi connectivity index (χ0) is 13.9. The largest absolute Gasteiger partial charge is 0.341 e. The van der Waals surface area contributed by atoms with E-state index in [0.29, 0.717) is 0 Å². The van der Waals surface area contributed by atoms with Crippen molar-refractivity contribution in [2.45, 2.75) is 46.2 Å². The molecule has 0 aromatic carbocycles. The molecule has 0 aliphatic rings. The van der Waals surface area contributed by atoms with Gasteiger partial charge in [0.2, 0.25) is 5.91 Å². The van der Waals surface area contributed by atoms with Crippen LogP contribution in [-0.4, -0.2) is 33.4 Å². The highest BCUT2D eigenvalue weighted by Crippen LogP contribution is 2.21. The van der Waals surface area contributed by atoms with Crippen molar-refractivity contribution in [3.05, 3.63) is 18.2 Å². The maximum atomic E-state index is 12.3. The van der Waals surface area contributed by atoms with Gasteiger partial charge in [-0.25, -0.2) is 4.98 Å². The maximum absolute atomic E-state index is 12.3. The average molecular weight is 252 g/mol. The van der Waals surface area contributed by atoms with Gasteiger partial charge in [-0.1, -0.05) is 0 Å². The molecule has 0 radical (unpaired) electrons. The predicted octanol–water partition coefficient (Wildman–Crippen LogP) is 1.51. The molecule has 5 heteroatoms. The number of carbonyl (C=O) groups excluding carboxylic acids is 1. The molecule has 1 heterocycles. The minimum atomic E-state index is -0.506. The maximum Gasteiger partial charge on any atom is 0.245 e. The molecular weight excluding hydrogens is 228 g/mol. The van der Waals surface area contributed by atoms with Crippen LogP contribution in [0.1, 0.15) is 46.4 Å². The second-order valence-corrected chi connectivity index (χ2v) is 5.09. The van der Waals surface area contributed by atoms with E-state index in [4.69, 9.17) is 5.73 Å². The van der Waals surface area contributed by atoms with E-state index in [0.717, 1.165) is 18.8 Å². The molecule has 0 saturated heterocycles. The minimum absolute atomic E-state index is 0.100. The SMILES string of the molecule is CCN(CC)C(=O)C(C)n1cncc1C(C)(C)N. The van der Waals surface area contributed by atoms with Gasteiger partial charge in [-0.2, -0.15) is 0 Å². The summed E-state index contributed by atoms with van der Waals surface area (Å²) in [6, 6.07) is -0.273. The van der Waals surface area contributed by atoms with Gasteiger partial charge in [0.05, 0.1) is 23.8 Å². The van der Waals surface area contributed by atoms with Gasteiger partial charge in [0.15, 0.2) is 0 Å². The van der Waals surface area contributed by atoms with Gasteiger partial charge in [-0.05, 0) is 34.6 Å². The van der Waals surface area contributed by atoms with Crippen molar-refractivity contribution in [1.82, 2.24) is 14.5 Å². The first-order valence-electron chi connectivity index (χ1n) is 6.42. The summed E-state index contributed by atoms with van der Waals surface area (Å²) in [7, 11) is 0. The summed E-state index contributed by atoms with van der Waals surface area (Å²) in [6.07, 6.45) is 3.40. The monoisotopic (exact) mass is 252 g/mol. The van der Waals surface area contributed by atoms with Crippen LogP contribution in [-0.2, 0) is 10.3 Å². The fourth-order valence-corrected chi connectivity index (χ4v) is 2.03. The fourth-order valence-electron chi connectivity index (χ4n) is 2.03. The van der Waals surface area contributed by atoms with Crippen molar-refractivity contribution in [2.75, 3.05) is 13.1 Å². The Hall–Kier alpha value is -1.36. The standard InChI is InChI=1S/C13H24N4O/c1-6-16(7-2)12(18)10(3)17-9-15-8-11(17)13(4,5)14/h8-10H,6-7,14H2,1-5H3. The number of rotatable bonds is 5. The van der Waals surface area contributed by atoms with Gasteiger partial charge in [-0.3, -0.25) is 4.79 Å². The number of nitrogens with zero attached hydrogens (tertiary/aromatic N) is 3. The van der Waals surface area contributed by atoms with Crippen LogP contribution in [0, 0.1) is 0 Å². The van der Waals surface area contributed by atoms with E-state index in [1.54, 1.807) is 12.5 Å². The van der Waals surface area contributed by atoms with Gasteiger partial charge in [0.1, 0.15) is 6.04 Å². The molecule has 1 unspecified atom stereocenters. The molecule has 0 saturated carbocycles. The lowest BCUT2D eigenvalue weighted by Gasteiger charge is -2.27. The van der Waals surface area contributed by atoms with E-state index < -0.39 is 5.54 Å². The van der Waals surface area contributed by atoms with Gasteiger partial charge >= 0.3 is 0 Å². The molecule has 1 rings (SSSR count). The van der Waals surface area contributed by atoms with Crippen LogP contribution < -0.4 is 5.73 Å². The molecule has 0 aliphatic carbocycles. The second-order valence-electron chi connectivity index (χ2n) is 5.09. The highest BCUT2D eigenvalue weighted by Gasteiger charge is 2.26. The van der Waals surface area contributed by atoms with E-state index in [1.165, 1.54) is 0 Å². The zero-order valence-corrected chi connectivity index (χ0v) is 12.0. The fraction of sp³-hybridized carbons (Fsp3) is 0.692. The Balaban J connectivity index is 3.01. The first-order chi connectivity index (χ1) is 8.32. The molecule has 1 atom stereocenters. The van der Waals surface area contributed by atoms with E-state index >= 15 is 0 Å². The zero-order valence-electron chi connectivity index (χ0n) is 12.0. The van der Waals surface area contributed by atoms with Crippen LogP contribution in [0.4, 0.5) is 0 Å². The summed E-state index contributed by atoms with van der Waals surface area (Å²) >= 11 is 0. The highest BCUT2D eigenvalue weighted by atomic mass is 16.2. The van der Waals surface area contributed by atoms with Crippen LogP contribution in [0.3, 0.4) is 0 Å². The number of aromatic nitrogens is 2. The molecular formula is C13H24N4O. The molecule has 1 aromatic heterocycles. The number of carbonyl (C=O) groups is 1. The molecule has 0 aliphatic heterocycles. The van der Waals surface area contributed by atoms with Gasteiger partial charge in [-0.15, -0.1) is 0 Å². The van der Waals surface area contributed by atoms with Crippen molar-refractivity contribution in [1.29, 1.82) is 0 Å². The lowest BCUT2D eigenvalue weighted by molar-refractivity contribution is -0.133. The van der Waals surface area contributed by atoms with E-state index in [9.17, 15) is 4.79 Å². The summed E-state index contributed by atoms with van der Waals surface area (Å²) in [5, 5.41) is 0. The molecule has 1 aromatic rings. The first kappa shape index (κ1) is 14.7. The van der Waals surface area contributed by atoms with Gasteiger partial charge in [0, 0.05) is 13.1 Å². The first-order valence-corrected chi connectivity index (χ1v) is 6.42. The lowest BCUT2D eigenvalue weighted by Crippen LogP contribution is -2.39. The second kappa shape index (κ2) is 5.52. The quantitative estimate of drug-likeness (QED) is 0.864. The number of nitrogens with two attached hydrogens (primary N) is 1. The summed E-state index contributed by atoms with van der Waals surface area (Å²) in [5.74, 6) is 0.100. The van der Waals surface area contributed by atoms with Crippen LogP contribution in [0.5, 0.6) is 0 Å². The molecule has 18 heavy (non-hydrogen) atoms. The summed E-state index contributed by atoms with van der Waals surface area (Å²) in [4.78, 5) is 18.3. The van der Waals surface area contributed by atoms with Gasteiger partial charge in [0.25, 0.3) is 0 Å². The Morgan fingerprint density at radius 3 is 2.50 bits per heavy atom. The predicted molar refractivity (Wildman–Crippen MR) is 72.1 cm³/mol. The van der Waals surface area contributed by atoms with Crippen molar-refractivity contribution in [3.8, 4) is 0 Å². The van der Waals surface area contributed by atoms with Crippen molar-refractivity contribution >= 4 is 5.91 Å².